The zero-order chi connectivity index (χ0) is 33.6. The first-order valence-corrected chi connectivity index (χ1v) is 17.3. The van der Waals surface area contributed by atoms with E-state index in [1.807, 2.05) is 55.6 Å². The number of pyridine rings is 1. The fourth-order valence-corrected chi connectivity index (χ4v) is 6.75. The first kappa shape index (κ1) is 32.2. The number of carbonyl (C=O) groups is 2. The first-order valence-electron chi connectivity index (χ1n) is 15.4. The Kier molecular flexibility index (Phi) is 8.09. The van der Waals surface area contributed by atoms with Crippen LogP contribution in [0.15, 0.2) is 72.9 Å². The van der Waals surface area contributed by atoms with Crippen LogP contribution in [0.25, 0.3) is 5.65 Å². The Hall–Kier alpha value is -4.75. The summed E-state index contributed by atoms with van der Waals surface area (Å²) in [5, 5.41) is 18.0. The first-order chi connectivity index (χ1) is 22.2. The van der Waals surface area contributed by atoms with Crippen LogP contribution in [0, 0.1) is 0 Å². The zero-order valence-electron chi connectivity index (χ0n) is 27.0. The maximum atomic E-state index is 13.4. The Morgan fingerprint density at radius 1 is 1.11 bits per heavy atom. The van der Waals surface area contributed by atoms with E-state index in [2.05, 4.69) is 37.8 Å². The molecule has 47 heavy (non-hydrogen) atoms. The van der Waals surface area contributed by atoms with E-state index in [4.69, 9.17) is 4.74 Å². The highest BCUT2D eigenvalue weighted by atomic mass is 32.2. The van der Waals surface area contributed by atoms with Gasteiger partial charge in [0, 0.05) is 11.3 Å². The van der Waals surface area contributed by atoms with Crippen LogP contribution < -0.4 is 25.4 Å². The minimum absolute atomic E-state index is 0.287. The van der Waals surface area contributed by atoms with Crippen LogP contribution in [0.3, 0.4) is 0 Å². The van der Waals surface area contributed by atoms with Gasteiger partial charge in [-0.25, -0.2) is 13.2 Å². The summed E-state index contributed by atoms with van der Waals surface area (Å²) >= 11 is 0. The molecule has 4 N–H and O–H groups in total. The number of aldehydes is 1. The van der Waals surface area contributed by atoms with Crippen molar-refractivity contribution >= 4 is 39.4 Å². The minimum Gasteiger partial charge on any atom is -0.480 e. The van der Waals surface area contributed by atoms with E-state index in [0.717, 1.165) is 37.0 Å². The molecule has 3 heterocycles. The molecule has 0 unspecified atom stereocenters. The number of carbonyl (C=O) groups excluding carboxylic acids is 2. The predicted molar refractivity (Wildman–Crippen MR) is 180 cm³/mol. The number of rotatable bonds is 8. The van der Waals surface area contributed by atoms with Crippen LogP contribution in [0.4, 0.5) is 16.2 Å². The monoisotopic (exact) mass is 657 g/mol. The number of nitrogens with zero attached hydrogens (tertiary/aromatic N) is 3. The number of amides is 2. The summed E-state index contributed by atoms with van der Waals surface area (Å²) in [4.78, 5) is 26.2. The van der Waals surface area contributed by atoms with Gasteiger partial charge in [0.1, 0.15) is 17.4 Å². The molecule has 2 aliphatic rings. The van der Waals surface area contributed by atoms with Crippen molar-refractivity contribution in [2.45, 2.75) is 63.1 Å². The third-order valence-corrected chi connectivity index (χ3v) is 9.22. The molecule has 12 nitrogen and oxygen atoms in total. The maximum Gasteiger partial charge on any atom is 0.320 e. The van der Waals surface area contributed by atoms with Crippen LogP contribution in [0.2, 0.25) is 0 Å². The molecule has 0 bridgehead atoms. The van der Waals surface area contributed by atoms with Crippen molar-refractivity contribution in [2.75, 3.05) is 22.8 Å². The molecule has 3 atom stereocenters. The average Bonchev–Trinajstić information content (AvgIpc) is 3.64. The molecular weight excluding hydrogens is 618 g/mol. The number of nitrogens with one attached hydrogen (secondary N) is 4. The number of fused-ring (bicyclic) bond motifs is 2. The minimum atomic E-state index is -3.56. The lowest BCUT2D eigenvalue weighted by atomic mass is 9.81. The number of ether oxygens (including phenoxy) is 1. The predicted octanol–water partition coefficient (Wildman–Crippen LogP) is 4.90. The molecule has 1 fully saturated rings. The van der Waals surface area contributed by atoms with E-state index in [-0.39, 0.29) is 11.0 Å². The molecule has 2 aromatic carbocycles. The van der Waals surface area contributed by atoms with Crippen LogP contribution >= 0.6 is 0 Å². The Morgan fingerprint density at radius 2 is 1.87 bits per heavy atom. The van der Waals surface area contributed by atoms with Gasteiger partial charge in [-0.3, -0.25) is 13.9 Å². The molecule has 0 radical (unpaired) electrons. The Morgan fingerprint density at radius 3 is 2.57 bits per heavy atom. The van der Waals surface area contributed by atoms with Gasteiger partial charge < -0.3 is 20.7 Å². The van der Waals surface area contributed by atoms with Crippen molar-refractivity contribution in [2.24, 2.45) is 0 Å². The SMILES string of the molecule is CC(C)(C)c1cc(NC(=O)N[C@@]2(C=O)C=C[C@@H](Oc3ccc4nnc([C@]5(C)CCCN5)n4c3)c3ccccc32)cc(NS(C)(=O)=O)c1. The normalized spacial score (nSPS) is 22.4. The highest BCUT2D eigenvalue weighted by molar-refractivity contribution is 7.92. The second-order valence-electron chi connectivity index (χ2n) is 13.5. The third kappa shape index (κ3) is 6.58. The largest absolute Gasteiger partial charge is 0.480 e. The van der Waals surface area contributed by atoms with E-state index in [9.17, 15) is 18.0 Å². The second kappa shape index (κ2) is 11.8. The number of benzene rings is 2. The van der Waals surface area contributed by atoms with Crippen LogP contribution in [-0.4, -0.2) is 48.1 Å². The maximum absolute atomic E-state index is 13.4. The molecule has 246 valence electrons. The summed E-state index contributed by atoms with van der Waals surface area (Å²) < 4.78 is 34.8. The Labute approximate surface area is 274 Å². The van der Waals surface area contributed by atoms with E-state index < -0.39 is 27.7 Å². The van der Waals surface area contributed by atoms with Crippen molar-refractivity contribution in [3.8, 4) is 5.75 Å². The summed E-state index contributed by atoms with van der Waals surface area (Å²) in [5.74, 6) is 1.41. The molecule has 4 aromatic rings. The lowest BCUT2D eigenvalue weighted by Gasteiger charge is -2.34. The Bertz CT molecular complexity index is 1990. The van der Waals surface area contributed by atoms with E-state index in [1.165, 1.54) is 6.07 Å². The van der Waals surface area contributed by atoms with Crippen LogP contribution in [0.1, 0.15) is 69.2 Å². The number of hydrogen-bond acceptors (Lipinski definition) is 8. The zero-order valence-corrected chi connectivity index (χ0v) is 27.8. The topological polar surface area (TPSA) is 156 Å². The number of urea groups is 1. The van der Waals surface area contributed by atoms with Gasteiger partial charge in [0.15, 0.2) is 17.8 Å². The number of hydrogen-bond donors (Lipinski definition) is 4. The molecule has 2 aromatic heterocycles. The molecule has 2 amide bonds. The van der Waals surface area contributed by atoms with Crippen molar-refractivity contribution in [1.82, 2.24) is 25.2 Å². The molecule has 1 aliphatic heterocycles. The second-order valence-corrected chi connectivity index (χ2v) is 15.2. The van der Waals surface area contributed by atoms with Gasteiger partial charge in [-0.05, 0) is 85.3 Å². The molecule has 13 heteroatoms. The molecular formula is C34H39N7O5S. The van der Waals surface area contributed by atoms with Gasteiger partial charge in [-0.2, -0.15) is 0 Å². The van der Waals surface area contributed by atoms with Gasteiger partial charge in [-0.1, -0.05) is 45.0 Å². The fourth-order valence-electron chi connectivity index (χ4n) is 6.20. The van der Waals surface area contributed by atoms with Crippen LogP contribution in [-0.2, 0) is 31.3 Å². The summed E-state index contributed by atoms with van der Waals surface area (Å²) in [6, 6.07) is 15.4. The fraction of sp³-hybridized carbons (Fsp3) is 0.353. The van der Waals surface area contributed by atoms with Crippen molar-refractivity contribution in [3.63, 3.8) is 0 Å². The number of aromatic nitrogens is 3. The average molecular weight is 658 g/mol. The number of sulfonamides is 1. The van der Waals surface area contributed by atoms with Crippen molar-refractivity contribution in [3.05, 3.63) is 95.5 Å². The van der Waals surface area contributed by atoms with Gasteiger partial charge in [0.05, 0.1) is 23.7 Å². The van der Waals surface area contributed by atoms with Gasteiger partial charge >= 0.3 is 6.03 Å². The van der Waals surface area contributed by atoms with Gasteiger partial charge in [-0.15, -0.1) is 10.2 Å². The van der Waals surface area contributed by atoms with Gasteiger partial charge in [0.25, 0.3) is 0 Å². The summed E-state index contributed by atoms with van der Waals surface area (Å²) in [6.07, 6.45) is 8.46. The highest BCUT2D eigenvalue weighted by Crippen LogP contribution is 2.38. The lowest BCUT2D eigenvalue weighted by Crippen LogP contribution is -2.49. The molecule has 0 saturated carbocycles. The number of anilines is 2. The summed E-state index contributed by atoms with van der Waals surface area (Å²) in [7, 11) is -3.56. The van der Waals surface area contributed by atoms with Gasteiger partial charge in [0.2, 0.25) is 10.0 Å². The summed E-state index contributed by atoms with van der Waals surface area (Å²) in [6.45, 7) is 8.99. The van der Waals surface area contributed by atoms with E-state index in [1.54, 1.807) is 36.4 Å². The molecule has 1 saturated heterocycles. The lowest BCUT2D eigenvalue weighted by molar-refractivity contribution is -0.111. The molecule has 1 aliphatic carbocycles. The molecule has 6 rings (SSSR count). The van der Waals surface area contributed by atoms with Crippen molar-refractivity contribution < 1.29 is 22.7 Å². The molecule has 0 spiro atoms. The van der Waals surface area contributed by atoms with E-state index in [0.29, 0.717) is 40.2 Å². The highest BCUT2D eigenvalue weighted by Gasteiger charge is 2.39. The smallest absolute Gasteiger partial charge is 0.320 e. The standard InChI is InChI=1S/C34H39N7O5S/c1-32(2,3)22-17-23(19-24(18-22)40-47(5,44)45)36-31(43)37-34(21-42)15-13-28(26-9-6-7-10-27(26)34)46-25-11-12-29-38-39-30(41(29)20-25)33(4)14-8-16-35-33/h6-7,9-13,15,17-21,28,35,40H,8,14,16H2,1-5H3,(H2,36,37,43)/t28-,33+,34-/m1/s1. The van der Waals surface area contributed by atoms with E-state index >= 15 is 0 Å². The third-order valence-electron chi connectivity index (χ3n) is 8.61. The Balaban J connectivity index is 1.26. The summed E-state index contributed by atoms with van der Waals surface area (Å²) in [5.41, 5.74) is 1.37. The van der Waals surface area contributed by atoms with Crippen LogP contribution in [0.5, 0.6) is 5.75 Å². The van der Waals surface area contributed by atoms with Crippen molar-refractivity contribution in [1.29, 1.82) is 0 Å². The quantitative estimate of drug-likeness (QED) is 0.154.